The summed E-state index contributed by atoms with van der Waals surface area (Å²) in [5, 5.41) is 7.80. The summed E-state index contributed by atoms with van der Waals surface area (Å²) in [4.78, 5) is 2.36. The Morgan fingerprint density at radius 3 is 2.68 bits per heavy atom. The van der Waals surface area contributed by atoms with Gasteiger partial charge in [0.2, 0.25) is 0 Å². The van der Waals surface area contributed by atoms with Gasteiger partial charge in [-0.25, -0.2) is 0 Å². The molecule has 2 aliphatic heterocycles. The number of nitrogens with two attached hydrogens (primary N) is 1. The van der Waals surface area contributed by atoms with Crippen LogP contribution in [0, 0.1) is 0 Å². The summed E-state index contributed by atoms with van der Waals surface area (Å²) in [6, 6.07) is 16.6. The van der Waals surface area contributed by atoms with Gasteiger partial charge in [-0.05, 0) is 42.7 Å². The molecule has 2 aromatic rings. The van der Waals surface area contributed by atoms with Crippen molar-refractivity contribution in [2.45, 2.75) is 31.8 Å². The van der Waals surface area contributed by atoms with Crippen molar-refractivity contribution in [3.63, 3.8) is 0 Å². The lowest BCUT2D eigenvalue weighted by Gasteiger charge is -2.33. The maximum absolute atomic E-state index is 6.29. The van der Waals surface area contributed by atoms with E-state index >= 15 is 0 Å². The van der Waals surface area contributed by atoms with Gasteiger partial charge in [-0.15, -0.1) is 0 Å². The molecular weight excluding hydrogens is 332 g/mol. The van der Waals surface area contributed by atoms with Gasteiger partial charge in [-0.3, -0.25) is 5.01 Å². The van der Waals surface area contributed by atoms with Crippen molar-refractivity contribution < 1.29 is 0 Å². The number of hydrogen-bond acceptors (Lipinski definition) is 4. The molecule has 2 aromatic carbocycles. The minimum Gasteiger partial charge on any atom is -0.353 e. The number of fused-ring (bicyclic) bond motifs is 1. The number of hydrazone groups is 1. The Labute approximate surface area is 153 Å². The second-order valence-corrected chi connectivity index (χ2v) is 7.25. The lowest BCUT2D eigenvalue weighted by molar-refractivity contribution is 0.408. The Hall–Kier alpha value is -2.04. The highest BCUT2D eigenvalue weighted by molar-refractivity contribution is 6.30. The number of hydrogen-bond donors (Lipinski definition) is 1. The summed E-state index contributed by atoms with van der Waals surface area (Å²) in [7, 11) is 0. The van der Waals surface area contributed by atoms with E-state index < -0.39 is 0 Å². The Kier molecular flexibility index (Phi) is 4.64. The maximum atomic E-state index is 6.29. The molecule has 0 saturated carbocycles. The molecule has 0 amide bonds. The van der Waals surface area contributed by atoms with Crippen molar-refractivity contribution in [2.24, 2.45) is 10.8 Å². The van der Waals surface area contributed by atoms with Gasteiger partial charge in [-0.2, -0.15) is 5.10 Å². The molecule has 0 bridgehead atoms. The Balaban J connectivity index is 1.73. The van der Waals surface area contributed by atoms with Crippen LogP contribution in [0.5, 0.6) is 0 Å². The van der Waals surface area contributed by atoms with E-state index in [0.29, 0.717) is 0 Å². The van der Waals surface area contributed by atoms with Crippen LogP contribution in [0.15, 0.2) is 53.6 Å². The van der Waals surface area contributed by atoms with E-state index in [2.05, 4.69) is 34.2 Å². The SMILES string of the molecule is N[C@@H]1CCCCN(C2=NN(c3ccc(Cl)cc3)Cc3ccccc32)C1. The van der Waals surface area contributed by atoms with Gasteiger partial charge >= 0.3 is 0 Å². The van der Waals surface area contributed by atoms with E-state index in [-0.39, 0.29) is 6.04 Å². The second kappa shape index (κ2) is 7.06. The van der Waals surface area contributed by atoms with E-state index in [4.69, 9.17) is 22.4 Å². The van der Waals surface area contributed by atoms with Gasteiger partial charge in [-0.1, -0.05) is 42.3 Å². The molecule has 25 heavy (non-hydrogen) atoms. The molecule has 0 radical (unpaired) electrons. The molecule has 0 aliphatic carbocycles. The third kappa shape index (κ3) is 3.51. The number of amidine groups is 1. The van der Waals surface area contributed by atoms with E-state index in [1.54, 1.807) is 0 Å². The molecule has 1 atom stereocenters. The highest BCUT2D eigenvalue weighted by Gasteiger charge is 2.26. The first-order chi connectivity index (χ1) is 12.2. The Morgan fingerprint density at radius 1 is 1.04 bits per heavy atom. The standard InChI is InChI=1S/C20H23ClN4/c21-16-8-10-18(11-9-16)25-13-15-5-1-2-7-19(15)20(23-25)24-12-4-3-6-17(22)14-24/h1-2,5,7-11,17H,3-4,6,12-14,22H2/t17-/m1/s1. The molecule has 0 spiro atoms. The summed E-state index contributed by atoms with van der Waals surface area (Å²) in [6.45, 7) is 2.64. The fraction of sp³-hybridized carbons (Fsp3) is 0.350. The normalized spacial score (nSPS) is 20.7. The summed E-state index contributed by atoms with van der Waals surface area (Å²) < 4.78 is 0. The fourth-order valence-electron chi connectivity index (χ4n) is 3.60. The van der Waals surface area contributed by atoms with Crippen molar-refractivity contribution in [3.05, 3.63) is 64.7 Å². The van der Waals surface area contributed by atoms with Crippen LogP contribution < -0.4 is 10.7 Å². The predicted octanol–water partition coefficient (Wildman–Crippen LogP) is 3.84. The summed E-state index contributed by atoms with van der Waals surface area (Å²) >= 11 is 6.04. The van der Waals surface area contributed by atoms with Crippen LogP contribution in [0.2, 0.25) is 5.02 Å². The lowest BCUT2D eigenvalue weighted by Crippen LogP contribution is -2.43. The van der Waals surface area contributed by atoms with Crippen LogP contribution in [-0.2, 0) is 6.54 Å². The van der Waals surface area contributed by atoms with Gasteiger partial charge in [0.25, 0.3) is 0 Å². The first-order valence-electron chi connectivity index (χ1n) is 8.91. The van der Waals surface area contributed by atoms with Gasteiger partial charge in [0.15, 0.2) is 5.84 Å². The predicted molar refractivity (Wildman–Crippen MR) is 104 cm³/mol. The number of rotatable bonds is 1. The van der Waals surface area contributed by atoms with Crippen LogP contribution in [0.25, 0.3) is 0 Å². The van der Waals surface area contributed by atoms with Crippen molar-refractivity contribution in [1.29, 1.82) is 0 Å². The zero-order chi connectivity index (χ0) is 17.2. The van der Waals surface area contributed by atoms with Crippen LogP contribution in [0.3, 0.4) is 0 Å². The Bertz CT molecular complexity index is 772. The lowest BCUT2D eigenvalue weighted by atomic mass is 10.0. The highest BCUT2D eigenvalue weighted by Crippen LogP contribution is 2.27. The zero-order valence-corrected chi connectivity index (χ0v) is 15.0. The fourth-order valence-corrected chi connectivity index (χ4v) is 3.73. The number of nitrogens with zero attached hydrogens (tertiary/aromatic N) is 3. The summed E-state index contributed by atoms with van der Waals surface area (Å²) in [5.41, 5.74) is 9.86. The second-order valence-electron chi connectivity index (χ2n) is 6.82. The van der Waals surface area contributed by atoms with Crippen molar-refractivity contribution >= 4 is 23.1 Å². The van der Waals surface area contributed by atoms with E-state index in [0.717, 1.165) is 49.0 Å². The van der Waals surface area contributed by atoms with Gasteiger partial charge in [0.1, 0.15) is 0 Å². The largest absolute Gasteiger partial charge is 0.353 e. The quantitative estimate of drug-likeness (QED) is 0.846. The number of anilines is 1. The molecule has 0 unspecified atom stereocenters. The van der Waals surface area contributed by atoms with E-state index in [1.807, 2.05) is 24.3 Å². The van der Waals surface area contributed by atoms with Crippen LogP contribution in [0.4, 0.5) is 5.69 Å². The van der Waals surface area contributed by atoms with Crippen molar-refractivity contribution in [3.8, 4) is 0 Å². The molecule has 4 rings (SSSR count). The van der Waals surface area contributed by atoms with Crippen LogP contribution in [0.1, 0.15) is 30.4 Å². The molecule has 1 fully saturated rings. The van der Waals surface area contributed by atoms with Crippen LogP contribution >= 0.6 is 11.6 Å². The molecule has 130 valence electrons. The first kappa shape index (κ1) is 16.4. The van der Waals surface area contributed by atoms with Crippen molar-refractivity contribution in [1.82, 2.24) is 4.90 Å². The van der Waals surface area contributed by atoms with Gasteiger partial charge in [0, 0.05) is 29.7 Å². The molecule has 2 heterocycles. The average Bonchev–Trinajstić information content (AvgIpc) is 2.86. The molecular formula is C20H23ClN4. The number of halogens is 1. The topological polar surface area (TPSA) is 44.9 Å². The summed E-state index contributed by atoms with van der Waals surface area (Å²) in [5.74, 6) is 1.04. The molecule has 4 nitrogen and oxygen atoms in total. The zero-order valence-electron chi connectivity index (χ0n) is 14.2. The monoisotopic (exact) mass is 354 g/mol. The molecule has 0 aromatic heterocycles. The van der Waals surface area contributed by atoms with Crippen molar-refractivity contribution in [2.75, 3.05) is 18.1 Å². The molecule has 5 heteroatoms. The molecule has 2 aliphatic rings. The molecule has 1 saturated heterocycles. The maximum Gasteiger partial charge on any atom is 0.156 e. The Morgan fingerprint density at radius 2 is 1.84 bits per heavy atom. The molecule has 2 N–H and O–H groups in total. The summed E-state index contributed by atoms with van der Waals surface area (Å²) in [6.07, 6.45) is 3.44. The van der Waals surface area contributed by atoms with E-state index in [9.17, 15) is 0 Å². The third-order valence-corrected chi connectivity index (χ3v) is 5.18. The number of likely N-dealkylation sites (tertiary alicyclic amines) is 1. The third-order valence-electron chi connectivity index (χ3n) is 4.93. The van der Waals surface area contributed by atoms with Crippen LogP contribution in [-0.4, -0.2) is 29.9 Å². The smallest absolute Gasteiger partial charge is 0.156 e. The highest BCUT2D eigenvalue weighted by atomic mass is 35.5. The average molecular weight is 355 g/mol. The minimum atomic E-state index is 0.211. The van der Waals surface area contributed by atoms with Gasteiger partial charge in [0.05, 0.1) is 12.2 Å². The first-order valence-corrected chi connectivity index (χ1v) is 9.29. The number of benzene rings is 2. The van der Waals surface area contributed by atoms with Gasteiger partial charge < -0.3 is 10.6 Å². The van der Waals surface area contributed by atoms with E-state index in [1.165, 1.54) is 17.5 Å². The minimum absolute atomic E-state index is 0.211.